The zero-order valence-corrected chi connectivity index (χ0v) is 18.9. The van der Waals surface area contributed by atoms with Crippen LogP contribution in [0.5, 0.6) is 11.5 Å². The van der Waals surface area contributed by atoms with E-state index in [4.69, 9.17) is 4.74 Å². The smallest absolute Gasteiger partial charge is 0.387 e. The number of hydrogen-bond donors (Lipinski definition) is 1. The summed E-state index contributed by atoms with van der Waals surface area (Å²) in [4.78, 5) is 12.6. The molecule has 1 aliphatic rings. The first-order chi connectivity index (χ1) is 15.8. The third kappa shape index (κ3) is 7.00. The van der Waals surface area contributed by atoms with Crippen LogP contribution in [0.4, 0.5) is 8.78 Å². The van der Waals surface area contributed by atoms with E-state index in [9.17, 15) is 22.0 Å². The van der Waals surface area contributed by atoms with Gasteiger partial charge in [-0.2, -0.15) is 13.1 Å². The van der Waals surface area contributed by atoms with Crippen LogP contribution in [0.3, 0.4) is 0 Å². The van der Waals surface area contributed by atoms with E-state index < -0.39 is 16.6 Å². The Balaban J connectivity index is 1.51. The summed E-state index contributed by atoms with van der Waals surface area (Å²) in [6, 6.07) is 13.6. The number of methoxy groups -OCH3 is 1. The Morgan fingerprint density at radius 3 is 2.48 bits per heavy atom. The van der Waals surface area contributed by atoms with Gasteiger partial charge >= 0.3 is 6.61 Å². The van der Waals surface area contributed by atoms with E-state index in [-0.39, 0.29) is 43.0 Å². The van der Waals surface area contributed by atoms with E-state index in [1.807, 2.05) is 30.3 Å². The minimum absolute atomic E-state index is 0.0857. The molecule has 178 valence electrons. The number of carbonyl (C=O) groups is 1. The van der Waals surface area contributed by atoms with Crippen molar-refractivity contribution in [3.63, 3.8) is 0 Å². The van der Waals surface area contributed by atoms with Gasteiger partial charge in [0.2, 0.25) is 15.9 Å². The predicted octanol–water partition coefficient (Wildman–Crippen LogP) is 3.63. The van der Waals surface area contributed by atoms with Crippen molar-refractivity contribution in [1.82, 2.24) is 9.62 Å². The van der Waals surface area contributed by atoms with Crippen LogP contribution in [0.1, 0.15) is 24.0 Å². The summed E-state index contributed by atoms with van der Waals surface area (Å²) in [6.45, 7) is -2.27. The van der Waals surface area contributed by atoms with E-state index in [2.05, 4.69) is 10.1 Å². The zero-order chi connectivity index (χ0) is 23.8. The number of amides is 1. The molecule has 0 saturated carbocycles. The fourth-order valence-electron chi connectivity index (χ4n) is 3.54. The van der Waals surface area contributed by atoms with Crippen molar-refractivity contribution in [1.29, 1.82) is 0 Å². The molecule has 1 heterocycles. The van der Waals surface area contributed by atoms with E-state index in [0.717, 1.165) is 5.56 Å². The van der Waals surface area contributed by atoms with E-state index in [1.165, 1.54) is 29.0 Å². The molecule has 0 atom stereocenters. The second-order valence-electron chi connectivity index (χ2n) is 7.51. The Bertz CT molecular complexity index is 1070. The molecule has 0 bridgehead atoms. The zero-order valence-electron chi connectivity index (χ0n) is 18.1. The molecule has 2 aromatic rings. The minimum Gasteiger partial charge on any atom is -0.493 e. The Hall–Kier alpha value is -2.98. The summed E-state index contributed by atoms with van der Waals surface area (Å²) < 4.78 is 60.8. The van der Waals surface area contributed by atoms with Crippen molar-refractivity contribution in [2.45, 2.75) is 26.0 Å². The number of hydrogen-bond acceptors (Lipinski definition) is 5. The van der Waals surface area contributed by atoms with Crippen LogP contribution in [0, 0.1) is 5.92 Å². The van der Waals surface area contributed by atoms with Gasteiger partial charge in [0.1, 0.15) is 0 Å². The Labute approximate surface area is 192 Å². The quantitative estimate of drug-likeness (QED) is 0.593. The normalized spacial score (nSPS) is 15.6. The highest BCUT2D eigenvalue weighted by Gasteiger charge is 2.29. The molecule has 0 aliphatic carbocycles. The second-order valence-corrected chi connectivity index (χ2v) is 9.33. The molecule has 2 aromatic carbocycles. The summed E-state index contributed by atoms with van der Waals surface area (Å²) in [5.74, 6) is -0.432. The monoisotopic (exact) mass is 480 g/mol. The van der Waals surface area contributed by atoms with Crippen LogP contribution in [0.15, 0.2) is 53.9 Å². The van der Waals surface area contributed by atoms with Crippen molar-refractivity contribution >= 4 is 22.0 Å². The maximum atomic E-state index is 12.6. The lowest BCUT2D eigenvalue weighted by atomic mass is 9.97. The molecule has 1 saturated heterocycles. The van der Waals surface area contributed by atoms with Crippen molar-refractivity contribution in [2.24, 2.45) is 5.92 Å². The van der Waals surface area contributed by atoms with E-state index in [0.29, 0.717) is 18.4 Å². The Morgan fingerprint density at radius 1 is 1.15 bits per heavy atom. The molecule has 1 amide bonds. The van der Waals surface area contributed by atoms with Crippen LogP contribution < -0.4 is 14.8 Å². The van der Waals surface area contributed by atoms with Gasteiger partial charge in [-0.15, -0.1) is 0 Å². The molecule has 33 heavy (non-hydrogen) atoms. The maximum absolute atomic E-state index is 12.6. The minimum atomic E-state index is -3.56. The van der Waals surface area contributed by atoms with Gasteiger partial charge in [-0.3, -0.25) is 4.79 Å². The summed E-state index contributed by atoms with van der Waals surface area (Å²) >= 11 is 0. The molecule has 1 N–H and O–H groups in total. The summed E-state index contributed by atoms with van der Waals surface area (Å²) in [6.07, 6.45) is 2.38. The molecule has 1 fully saturated rings. The first kappa shape index (κ1) is 24.7. The van der Waals surface area contributed by atoms with Gasteiger partial charge in [0, 0.05) is 31.0 Å². The summed E-state index contributed by atoms with van der Waals surface area (Å²) in [5, 5.41) is 4.01. The SMILES string of the molecule is COc1cc(CNC(=O)C2CCN(S(=O)(=O)/C=C/c3ccccc3)CC2)ccc1OC(F)F. The molecular weight excluding hydrogens is 454 g/mol. The van der Waals surface area contributed by atoms with Crippen molar-refractivity contribution < 1.29 is 31.5 Å². The summed E-state index contributed by atoms with van der Waals surface area (Å²) in [7, 11) is -2.22. The number of piperidine rings is 1. The number of ether oxygens (including phenoxy) is 2. The number of halogens is 2. The van der Waals surface area contributed by atoms with Crippen molar-refractivity contribution in [3.8, 4) is 11.5 Å². The first-order valence-corrected chi connectivity index (χ1v) is 11.9. The predicted molar refractivity (Wildman–Crippen MR) is 120 cm³/mol. The Kier molecular flexibility index (Phi) is 8.40. The van der Waals surface area contributed by atoms with Crippen LogP contribution in [0.2, 0.25) is 0 Å². The standard InChI is InChI=1S/C23H26F2N2O5S/c1-31-21-15-18(7-8-20(21)32-23(24)25)16-26-22(28)19-9-12-27(13-10-19)33(29,30)14-11-17-5-3-2-4-6-17/h2-8,11,14-15,19,23H,9-10,12-13,16H2,1H3,(H,26,28)/b14-11+. The van der Waals surface area contributed by atoms with Crippen molar-refractivity contribution in [2.75, 3.05) is 20.2 Å². The average molecular weight is 481 g/mol. The highest BCUT2D eigenvalue weighted by Crippen LogP contribution is 2.29. The van der Waals surface area contributed by atoms with Crippen LogP contribution in [-0.2, 0) is 21.4 Å². The molecule has 0 unspecified atom stereocenters. The first-order valence-electron chi connectivity index (χ1n) is 10.4. The fraction of sp³-hybridized carbons (Fsp3) is 0.348. The lowest BCUT2D eigenvalue weighted by Crippen LogP contribution is -2.42. The number of carbonyl (C=O) groups excluding carboxylic acids is 1. The Morgan fingerprint density at radius 2 is 1.85 bits per heavy atom. The average Bonchev–Trinajstić information content (AvgIpc) is 2.82. The van der Waals surface area contributed by atoms with Crippen LogP contribution in [-0.4, -0.2) is 45.4 Å². The van der Waals surface area contributed by atoms with Crippen LogP contribution in [0.25, 0.3) is 6.08 Å². The highest BCUT2D eigenvalue weighted by molar-refractivity contribution is 7.92. The third-order valence-corrected chi connectivity index (χ3v) is 6.89. The molecule has 7 nitrogen and oxygen atoms in total. The number of nitrogens with zero attached hydrogens (tertiary/aromatic N) is 1. The topological polar surface area (TPSA) is 84.9 Å². The molecule has 10 heteroatoms. The molecule has 3 rings (SSSR count). The van der Waals surface area contributed by atoms with Gasteiger partial charge in [-0.05, 0) is 42.2 Å². The molecule has 0 spiro atoms. The largest absolute Gasteiger partial charge is 0.493 e. The van der Waals surface area contributed by atoms with Gasteiger partial charge in [-0.25, -0.2) is 8.42 Å². The maximum Gasteiger partial charge on any atom is 0.387 e. The highest BCUT2D eigenvalue weighted by atomic mass is 32.2. The van der Waals surface area contributed by atoms with Gasteiger partial charge in [-0.1, -0.05) is 36.4 Å². The lowest BCUT2D eigenvalue weighted by Gasteiger charge is -2.29. The van der Waals surface area contributed by atoms with Gasteiger partial charge < -0.3 is 14.8 Å². The van der Waals surface area contributed by atoms with Gasteiger partial charge in [0.15, 0.2) is 11.5 Å². The van der Waals surface area contributed by atoms with Gasteiger partial charge in [0.25, 0.3) is 0 Å². The molecule has 0 radical (unpaired) electrons. The molecule has 1 aliphatic heterocycles. The summed E-state index contributed by atoms with van der Waals surface area (Å²) in [5.41, 5.74) is 1.45. The fourth-order valence-corrected chi connectivity index (χ4v) is 4.76. The number of sulfonamides is 1. The number of benzene rings is 2. The van der Waals surface area contributed by atoms with E-state index in [1.54, 1.807) is 12.1 Å². The number of rotatable bonds is 9. The number of alkyl halides is 2. The number of nitrogens with one attached hydrogen (secondary N) is 1. The second kappa shape index (κ2) is 11.2. The van der Waals surface area contributed by atoms with Crippen molar-refractivity contribution in [3.05, 3.63) is 65.1 Å². The third-order valence-electron chi connectivity index (χ3n) is 5.33. The molecular formula is C23H26F2N2O5S. The molecule has 0 aromatic heterocycles. The lowest BCUT2D eigenvalue weighted by molar-refractivity contribution is -0.126. The van der Waals surface area contributed by atoms with Crippen LogP contribution >= 0.6 is 0 Å². The van der Waals surface area contributed by atoms with E-state index >= 15 is 0 Å². The van der Waals surface area contributed by atoms with Gasteiger partial charge in [0.05, 0.1) is 7.11 Å².